The lowest BCUT2D eigenvalue weighted by Gasteiger charge is -1.95. The zero-order chi connectivity index (χ0) is 8.39. The molecule has 2 nitrogen and oxygen atoms in total. The SMILES string of the molecule is C=C(c1ccoc1)c1ccoc1. The van der Waals surface area contributed by atoms with Gasteiger partial charge >= 0.3 is 0 Å². The van der Waals surface area contributed by atoms with Crippen molar-refractivity contribution in [3.63, 3.8) is 0 Å². The first-order valence-corrected chi connectivity index (χ1v) is 3.62. The fourth-order valence-electron chi connectivity index (χ4n) is 1.04. The van der Waals surface area contributed by atoms with Crippen molar-refractivity contribution in [1.29, 1.82) is 0 Å². The summed E-state index contributed by atoms with van der Waals surface area (Å²) in [6, 6.07) is 3.74. The van der Waals surface area contributed by atoms with E-state index >= 15 is 0 Å². The normalized spacial score (nSPS) is 10.0. The molecule has 0 aliphatic carbocycles. The molecule has 0 bridgehead atoms. The Kier molecular flexibility index (Phi) is 1.59. The van der Waals surface area contributed by atoms with Gasteiger partial charge in [-0.05, 0) is 17.7 Å². The second kappa shape index (κ2) is 2.74. The molecule has 2 aromatic heterocycles. The third-order valence-electron chi connectivity index (χ3n) is 1.74. The van der Waals surface area contributed by atoms with E-state index < -0.39 is 0 Å². The maximum absolute atomic E-state index is 4.94. The Balaban J connectivity index is 2.34. The first kappa shape index (κ1) is 6.98. The molecule has 0 aliphatic heterocycles. The average Bonchev–Trinajstić information content (AvgIpc) is 2.77. The molecular formula is C10H8O2. The molecular weight excluding hydrogens is 152 g/mol. The summed E-state index contributed by atoms with van der Waals surface area (Å²) in [5, 5.41) is 0. The summed E-state index contributed by atoms with van der Waals surface area (Å²) in [5.74, 6) is 0. The van der Waals surface area contributed by atoms with Crippen molar-refractivity contribution >= 4 is 5.57 Å². The molecule has 0 aromatic carbocycles. The van der Waals surface area contributed by atoms with Crippen LogP contribution in [0.1, 0.15) is 11.1 Å². The minimum Gasteiger partial charge on any atom is -0.472 e. The van der Waals surface area contributed by atoms with E-state index in [4.69, 9.17) is 8.83 Å². The maximum atomic E-state index is 4.94. The van der Waals surface area contributed by atoms with Gasteiger partial charge in [-0.15, -0.1) is 0 Å². The van der Waals surface area contributed by atoms with E-state index in [1.807, 2.05) is 12.1 Å². The number of hydrogen-bond donors (Lipinski definition) is 0. The van der Waals surface area contributed by atoms with Gasteiger partial charge in [0, 0.05) is 11.1 Å². The molecule has 0 unspecified atom stereocenters. The second-order valence-corrected chi connectivity index (χ2v) is 2.50. The van der Waals surface area contributed by atoms with Crippen LogP contribution in [-0.4, -0.2) is 0 Å². The Morgan fingerprint density at radius 1 is 1.00 bits per heavy atom. The molecule has 2 aromatic rings. The quantitative estimate of drug-likeness (QED) is 0.675. The van der Waals surface area contributed by atoms with Gasteiger partial charge in [0.25, 0.3) is 0 Å². The lowest BCUT2D eigenvalue weighted by atomic mass is 10.1. The monoisotopic (exact) mass is 160 g/mol. The fourth-order valence-corrected chi connectivity index (χ4v) is 1.04. The molecule has 12 heavy (non-hydrogen) atoms. The van der Waals surface area contributed by atoms with Crippen molar-refractivity contribution in [2.75, 3.05) is 0 Å². The summed E-state index contributed by atoms with van der Waals surface area (Å²) in [7, 11) is 0. The van der Waals surface area contributed by atoms with Gasteiger partial charge in [-0.1, -0.05) is 6.58 Å². The Morgan fingerprint density at radius 3 is 1.83 bits per heavy atom. The number of hydrogen-bond acceptors (Lipinski definition) is 2. The molecule has 2 heterocycles. The van der Waals surface area contributed by atoms with Crippen molar-refractivity contribution < 1.29 is 8.83 Å². The van der Waals surface area contributed by atoms with E-state index in [0.29, 0.717) is 0 Å². The molecule has 2 heteroatoms. The van der Waals surface area contributed by atoms with Gasteiger partial charge in [0.2, 0.25) is 0 Å². The van der Waals surface area contributed by atoms with Crippen LogP contribution in [0.15, 0.2) is 52.6 Å². The third kappa shape index (κ3) is 1.07. The van der Waals surface area contributed by atoms with Crippen LogP contribution < -0.4 is 0 Å². The summed E-state index contributed by atoms with van der Waals surface area (Å²) in [5.41, 5.74) is 2.88. The average molecular weight is 160 g/mol. The van der Waals surface area contributed by atoms with Crippen molar-refractivity contribution in [2.24, 2.45) is 0 Å². The standard InChI is InChI=1S/C10H8O2/c1-8(9-2-4-11-6-9)10-3-5-12-7-10/h2-7H,1H2. The van der Waals surface area contributed by atoms with Crippen LogP contribution in [0.5, 0.6) is 0 Å². The predicted octanol–water partition coefficient (Wildman–Crippen LogP) is 2.93. The highest BCUT2D eigenvalue weighted by atomic mass is 16.3. The molecule has 0 spiro atoms. The highest BCUT2D eigenvalue weighted by Gasteiger charge is 2.03. The van der Waals surface area contributed by atoms with E-state index in [2.05, 4.69) is 6.58 Å². The van der Waals surface area contributed by atoms with Crippen LogP contribution >= 0.6 is 0 Å². The van der Waals surface area contributed by atoms with Gasteiger partial charge < -0.3 is 8.83 Å². The predicted molar refractivity (Wildman–Crippen MR) is 45.6 cm³/mol. The molecule has 0 aliphatic rings. The van der Waals surface area contributed by atoms with Crippen molar-refractivity contribution in [3.05, 3.63) is 54.9 Å². The van der Waals surface area contributed by atoms with Gasteiger partial charge in [-0.2, -0.15) is 0 Å². The van der Waals surface area contributed by atoms with Gasteiger partial charge in [-0.25, -0.2) is 0 Å². The minimum absolute atomic E-state index is 0.914. The van der Waals surface area contributed by atoms with Crippen molar-refractivity contribution in [2.45, 2.75) is 0 Å². The molecule has 2 rings (SSSR count). The minimum atomic E-state index is 0.914. The van der Waals surface area contributed by atoms with Gasteiger partial charge in [0.15, 0.2) is 0 Å². The molecule has 0 saturated carbocycles. The van der Waals surface area contributed by atoms with E-state index in [9.17, 15) is 0 Å². The Bertz CT molecular complexity index is 318. The zero-order valence-corrected chi connectivity index (χ0v) is 6.49. The van der Waals surface area contributed by atoms with Gasteiger partial charge in [0.05, 0.1) is 25.1 Å². The fraction of sp³-hybridized carbons (Fsp3) is 0. The lowest BCUT2D eigenvalue weighted by molar-refractivity contribution is 0.565. The van der Waals surface area contributed by atoms with Crippen LogP contribution in [0, 0.1) is 0 Å². The van der Waals surface area contributed by atoms with E-state index in [0.717, 1.165) is 16.7 Å². The molecule has 0 amide bonds. The number of furan rings is 2. The van der Waals surface area contributed by atoms with E-state index in [1.165, 1.54) is 0 Å². The summed E-state index contributed by atoms with van der Waals surface area (Å²) in [4.78, 5) is 0. The molecule has 0 radical (unpaired) electrons. The summed E-state index contributed by atoms with van der Waals surface area (Å²) in [6.07, 6.45) is 6.58. The smallest absolute Gasteiger partial charge is 0.0980 e. The molecule has 0 N–H and O–H groups in total. The summed E-state index contributed by atoms with van der Waals surface area (Å²) < 4.78 is 9.88. The number of rotatable bonds is 2. The van der Waals surface area contributed by atoms with Gasteiger partial charge in [0.1, 0.15) is 0 Å². The van der Waals surface area contributed by atoms with Crippen molar-refractivity contribution in [3.8, 4) is 0 Å². The molecule has 60 valence electrons. The molecule has 0 saturated heterocycles. The maximum Gasteiger partial charge on any atom is 0.0980 e. The van der Waals surface area contributed by atoms with Crippen LogP contribution in [0.2, 0.25) is 0 Å². The first-order chi connectivity index (χ1) is 5.88. The summed E-state index contributed by atoms with van der Waals surface area (Å²) in [6.45, 7) is 3.92. The lowest BCUT2D eigenvalue weighted by Crippen LogP contribution is -1.77. The van der Waals surface area contributed by atoms with Crippen LogP contribution in [0.3, 0.4) is 0 Å². The highest BCUT2D eigenvalue weighted by molar-refractivity contribution is 5.76. The first-order valence-electron chi connectivity index (χ1n) is 3.62. The second-order valence-electron chi connectivity index (χ2n) is 2.50. The Labute approximate surface area is 70.1 Å². The molecule has 0 atom stereocenters. The van der Waals surface area contributed by atoms with Crippen LogP contribution in [-0.2, 0) is 0 Å². The van der Waals surface area contributed by atoms with E-state index in [-0.39, 0.29) is 0 Å². The van der Waals surface area contributed by atoms with Crippen molar-refractivity contribution in [1.82, 2.24) is 0 Å². The van der Waals surface area contributed by atoms with Crippen LogP contribution in [0.4, 0.5) is 0 Å². The zero-order valence-electron chi connectivity index (χ0n) is 6.49. The Morgan fingerprint density at radius 2 is 1.50 bits per heavy atom. The Hall–Kier alpha value is -1.70. The third-order valence-corrected chi connectivity index (χ3v) is 1.74. The topological polar surface area (TPSA) is 26.3 Å². The van der Waals surface area contributed by atoms with E-state index in [1.54, 1.807) is 25.1 Å². The summed E-state index contributed by atoms with van der Waals surface area (Å²) >= 11 is 0. The van der Waals surface area contributed by atoms with Crippen LogP contribution in [0.25, 0.3) is 5.57 Å². The molecule has 0 fully saturated rings. The highest BCUT2D eigenvalue weighted by Crippen LogP contribution is 2.21. The van der Waals surface area contributed by atoms with Gasteiger partial charge in [-0.3, -0.25) is 0 Å². The largest absolute Gasteiger partial charge is 0.472 e.